The number of allylic oxidation sites excluding steroid dienone is 1. The molecular formula is C36H49N5. The Morgan fingerprint density at radius 1 is 0.951 bits per heavy atom. The normalized spacial score (nSPS) is 24.7. The van der Waals surface area contributed by atoms with Crippen LogP contribution in [0.25, 0.3) is 11.3 Å². The number of anilines is 1. The second-order valence-electron chi connectivity index (χ2n) is 14.0. The molecule has 0 radical (unpaired) electrons. The van der Waals surface area contributed by atoms with E-state index >= 15 is 0 Å². The molecule has 2 aromatic heterocycles. The largest absolute Gasteiger partial charge is 0.314 e. The third kappa shape index (κ3) is 5.61. The van der Waals surface area contributed by atoms with Crippen molar-refractivity contribution in [2.24, 2.45) is 11.3 Å². The topological polar surface area (TPSA) is 46.8 Å². The van der Waals surface area contributed by atoms with Crippen LogP contribution in [-0.2, 0) is 5.41 Å². The minimum absolute atomic E-state index is 0.305. The van der Waals surface area contributed by atoms with Gasteiger partial charge in [-0.05, 0) is 105 Å². The summed E-state index contributed by atoms with van der Waals surface area (Å²) in [6.45, 7) is 14.6. The molecule has 1 aromatic carbocycles. The zero-order valence-corrected chi connectivity index (χ0v) is 25.8. The fourth-order valence-corrected chi connectivity index (χ4v) is 7.84. The summed E-state index contributed by atoms with van der Waals surface area (Å²) in [7, 11) is 0. The van der Waals surface area contributed by atoms with Gasteiger partial charge < -0.3 is 4.90 Å². The van der Waals surface area contributed by atoms with Crippen LogP contribution in [0.5, 0.6) is 0 Å². The van der Waals surface area contributed by atoms with Crippen LogP contribution in [0.4, 0.5) is 5.95 Å². The van der Waals surface area contributed by atoms with Crippen molar-refractivity contribution in [3.63, 3.8) is 0 Å². The summed E-state index contributed by atoms with van der Waals surface area (Å²) in [6, 6.07) is 12.0. The van der Waals surface area contributed by atoms with E-state index in [0.717, 1.165) is 23.8 Å². The Kier molecular flexibility index (Phi) is 7.82. The standard InChI is InChI=1S/C36H49N5/c1-26(2)29-11-13-32(14-12-29)36-19-16-35(17-20-36,18-21-36)25-40(28(5)30-9-7-6-8-10-30)34-37-22-15-33(39-34)31-23-38-41(24-31)27(3)4/h11-15,22-24,26-27,30H,5-10,16-21,25H2,1-4H3. The van der Waals surface area contributed by atoms with Gasteiger partial charge in [-0.25, -0.2) is 9.97 Å². The molecule has 2 bridgehead atoms. The molecule has 3 aromatic rings. The van der Waals surface area contributed by atoms with Gasteiger partial charge in [0.1, 0.15) is 0 Å². The highest BCUT2D eigenvalue weighted by Gasteiger charge is 2.50. The van der Waals surface area contributed by atoms with Crippen LogP contribution >= 0.6 is 0 Å². The maximum atomic E-state index is 5.16. The quantitative estimate of drug-likeness (QED) is 0.266. The molecule has 0 aliphatic heterocycles. The van der Waals surface area contributed by atoms with Crippen molar-refractivity contribution >= 4 is 5.95 Å². The predicted molar refractivity (Wildman–Crippen MR) is 169 cm³/mol. The van der Waals surface area contributed by atoms with Crippen molar-refractivity contribution in [2.75, 3.05) is 11.4 Å². The van der Waals surface area contributed by atoms with Gasteiger partial charge in [-0.1, -0.05) is 64.0 Å². The fourth-order valence-electron chi connectivity index (χ4n) is 7.84. The zero-order chi connectivity index (χ0) is 28.6. The molecule has 0 spiro atoms. The van der Waals surface area contributed by atoms with Crippen LogP contribution in [0.15, 0.2) is 61.2 Å². The van der Waals surface area contributed by atoms with Gasteiger partial charge >= 0.3 is 0 Å². The summed E-state index contributed by atoms with van der Waals surface area (Å²) in [5.41, 5.74) is 6.90. The van der Waals surface area contributed by atoms with Crippen LogP contribution < -0.4 is 4.90 Å². The van der Waals surface area contributed by atoms with Crippen molar-refractivity contribution in [2.45, 2.75) is 116 Å². The Morgan fingerprint density at radius 3 is 2.24 bits per heavy atom. The average Bonchev–Trinajstić information content (AvgIpc) is 3.52. The number of aromatic nitrogens is 4. The highest BCUT2D eigenvalue weighted by atomic mass is 15.3. The lowest BCUT2D eigenvalue weighted by Crippen LogP contribution is -2.50. The van der Waals surface area contributed by atoms with Crippen LogP contribution in [0.1, 0.15) is 121 Å². The third-order valence-corrected chi connectivity index (χ3v) is 10.8. The average molecular weight is 552 g/mol. The summed E-state index contributed by atoms with van der Waals surface area (Å²) in [5.74, 6) is 1.93. The molecule has 41 heavy (non-hydrogen) atoms. The molecular weight excluding hydrogens is 502 g/mol. The number of nitrogens with zero attached hydrogens (tertiary/aromatic N) is 5. The van der Waals surface area contributed by atoms with E-state index in [9.17, 15) is 0 Å². The zero-order valence-electron chi connectivity index (χ0n) is 25.8. The predicted octanol–water partition coefficient (Wildman–Crippen LogP) is 9.24. The molecule has 0 saturated heterocycles. The molecule has 5 heteroatoms. The van der Waals surface area contributed by atoms with Crippen molar-refractivity contribution in [3.8, 4) is 11.3 Å². The first-order valence-corrected chi connectivity index (χ1v) is 16.2. The SMILES string of the molecule is C=C(C1CCCCC1)N(CC12CCC(c3ccc(C(C)C)cc3)(CC1)CC2)c1nccc(-c2cnn(C(C)C)c2)n1. The highest BCUT2D eigenvalue weighted by Crippen LogP contribution is 2.58. The second kappa shape index (κ2) is 11.4. The van der Waals surface area contributed by atoms with Gasteiger partial charge in [0.25, 0.3) is 0 Å². The minimum atomic E-state index is 0.305. The van der Waals surface area contributed by atoms with Gasteiger partial charge in [0, 0.05) is 36.2 Å². The lowest BCUT2D eigenvalue weighted by molar-refractivity contribution is 0.0458. The van der Waals surface area contributed by atoms with E-state index in [1.807, 2.05) is 23.1 Å². The van der Waals surface area contributed by atoms with Crippen molar-refractivity contribution in [1.82, 2.24) is 19.7 Å². The van der Waals surface area contributed by atoms with E-state index in [2.05, 4.69) is 68.2 Å². The Balaban J connectivity index is 1.25. The molecule has 7 rings (SSSR count). The molecule has 5 nitrogen and oxygen atoms in total. The maximum absolute atomic E-state index is 5.16. The van der Waals surface area contributed by atoms with Crippen LogP contribution in [0.2, 0.25) is 0 Å². The molecule has 218 valence electrons. The minimum Gasteiger partial charge on any atom is -0.314 e. The molecule has 0 amide bonds. The number of benzene rings is 1. The number of rotatable bonds is 9. The smallest absolute Gasteiger partial charge is 0.230 e. The first kappa shape index (κ1) is 28.2. The van der Waals surface area contributed by atoms with Crippen molar-refractivity contribution in [3.05, 3.63) is 72.3 Å². The van der Waals surface area contributed by atoms with E-state index < -0.39 is 0 Å². The fraction of sp³-hybridized carbons (Fsp3) is 0.583. The molecule has 0 unspecified atom stereocenters. The number of hydrogen-bond donors (Lipinski definition) is 0. The highest BCUT2D eigenvalue weighted by molar-refractivity contribution is 5.59. The summed E-state index contributed by atoms with van der Waals surface area (Å²) in [5, 5.41) is 4.57. The Morgan fingerprint density at radius 2 is 1.63 bits per heavy atom. The summed E-state index contributed by atoms with van der Waals surface area (Å²) in [4.78, 5) is 12.5. The first-order chi connectivity index (χ1) is 19.8. The Bertz CT molecular complexity index is 1320. The monoisotopic (exact) mass is 551 g/mol. The van der Waals surface area contributed by atoms with Crippen LogP contribution in [-0.4, -0.2) is 26.3 Å². The molecule has 4 fully saturated rings. The number of fused-ring (bicyclic) bond motifs is 3. The van der Waals surface area contributed by atoms with Crippen molar-refractivity contribution < 1.29 is 0 Å². The van der Waals surface area contributed by atoms with Gasteiger partial charge in [-0.3, -0.25) is 4.68 Å². The lowest BCUT2D eigenvalue weighted by atomic mass is 9.51. The molecule has 0 N–H and O–H groups in total. The van der Waals surface area contributed by atoms with Crippen LogP contribution in [0, 0.1) is 11.3 Å². The maximum Gasteiger partial charge on any atom is 0.230 e. The van der Waals surface area contributed by atoms with Gasteiger partial charge in [0.05, 0.1) is 11.9 Å². The Hall–Kier alpha value is -2.95. The molecule has 0 atom stereocenters. The van der Waals surface area contributed by atoms with E-state index in [1.165, 1.54) is 81.9 Å². The van der Waals surface area contributed by atoms with Crippen molar-refractivity contribution in [1.29, 1.82) is 0 Å². The van der Waals surface area contributed by atoms with E-state index in [0.29, 0.717) is 28.7 Å². The van der Waals surface area contributed by atoms with E-state index in [4.69, 9.17) is 16.5 Å². The number of hydrogen-bond acceptors (Lipinski definition) is 4. The Labute approximate surface area is 247 Å². The molecule has 4 aliphatic rings. The van der Waals surface area contributed by atoms with E-state index in [1.54, 1.807) is 5.56 Å². The summed E-state index contributed by atoms with van der Waals surface area (Å²) in [6.07, 6.45) is 20.1. The summed E-state index contributed by atoms with van der Waals surface area (Å²) < 4.78 is 2.00. The van der Waals surface area contributed by atoms with Crippen LogP contribution in [0.3, 0.4) is 0 Å². The van der Waals surface area contributed by atoms with Gasteiger partial charge in [0.15, 0.2) is 0 Å². The van der Waals surface area contributed by atoms with E-state index in [-0.39, 0.29) is 0 Å². The molecule has 2 heterocycles. The summed E-state index contributed by atoms with van der Waals surface area (Å²) >= 11 is 0. The third-order valence-electron chi connectivity index (χ3n) is 10.8. The van der Waals surface area contributed by atoms with Gasteiger partial charge in [-0.2, -0.15) is 5.10 Å². The second-order valence-corrected chi connectivity index (χ2v) is 14.0. The van der Waals surface area contributed by atoms with Gasteiger partial charge in [-0.15, -0.1) is 0 Å². The molecule has 4 aliphatic carbocycles. The molecule has 4 saturated carbocycles. The first-order valence-electron chi connectivity index (χ1n) is 16.2. The lowest BCUT2D eigenvalue weighted by Gasteiger charge is -2.55. The van der Waals surface area contributed by atoms with Gasteiger partial charge in [0.2, 0.25) is 5.95 Å².